The predicted molar refractivity (Wildman–Crippen MR) is 104 cm³/mol. The molecule has 1 saturated carbocycles. The van der Waals surface area contributed by atoms with Gasteiger partial charge < -0.3 is 10.6 Å². The highest BCUT2D eigenvalue weighted by Crippen LogP contribution is 2.43. The van der Waals surface area contributed by atoms with Crippen LogP contribution in [0.5, 0.6) is 0 Å². The molecule has 0 spiro atoms. The number of nitrogens with zero attached hydrogens (tertiary/aromatic N) is 3. The van der Waals surface area contributed by atoms with Crippen molar-refractivity contribution in [2.24, 2.45) is 5.73 Å². The number of nitrogens with two attached hydrogens (primary N) is 1. The zero-order valence-corrected chi connectivity index (χ0v) is 16.1. The Morgan fingerprint density at radius 3 is 2.85 bits per heavy atom. The molecule has 142 valence electrons. The van der Waals surface area contributed by atoms with Crippen molar-refractivity contribution in [1.82, 2.24) is 14.9 Å². The molecule has 0 aromatic carbocycles. The number of aromatic nitrogens is 2. The van der Waals surface area contributed by atoms with Crippen molar-refractivity contribution in [3.8, 4) is 10.4 Å². The van der Waals surface area contributed by atoms with Gasteiger partial charge in [0, 0.05) is 30.0 Å². The van der Waals surface area contributed by atoms with Gasteiger partial charge >= 0.3 is 6.03 Å². The first kappa shape index (κ1) is 17.9. The Hall–Kier alpha value is -2.48. The summed E-state index contributed by atoms with van der Waals surface area (Å²) < 4.78 is 0. The number of primary amides is 1. The third-order valence-corrected chi connectivity index (χ3v) is 6.64. The van der Waals surface area contributed by atoms with Gasteiger partial charge in [-0.25, -0.2) is 9.78 Å². The molecule has 3 amide bonds. The number of pyridine rings is 1. The summed E-state index contributed by atoms with van der Waals surface area (Å²) in [4.78, 5) is 35.3. The average molecular weight is 385 g/mol. The number of amides is 3. The van der Waals surface area contributed by atoms with E-state index >= 15 is 0 Å². The molecule has 1 aliphatic heterocycles. The number of hydrogen-bond acceptors (Lipinski definition) is 5. The highest BCUT2D eigenvalue weighted by atomic mass is 32.1. The molecule has 0 bridgehead atoms. The molecule has 3 heterocycles. The molecule has 8 heteroatoms. The number of carbonyl (C=O) groups excluding carboxylic acids is 2. The summed E-state index contributed by atoms with van der Waals surface area (Å²) in [6.07, 6.45) is 8.59. The zero-order chi connectivity index (χ0) is 19.0. The lowest BCUT2D eigenvalue weighted by Crippen LogP contribution is -2.45. The van der Waals surface area contributed by atoms with Crippen molar-refractivity contribution < 1.29 is 9.59 Å². The third kappa shape index (κ3) is 3.41. The fourth-order valence-corrected chi connectivity index (χ4v) is 4.61. The maximum atomic E-state index is 12.5. The number of anilines is 1. The molecule has 3 N–H and O–H groups in total. The Morgan fingerprint density at radius 1 is 1.33 bits per heavy atom. The fourth-order valence-electron chi connectivity index (χ4n) is 3.81. The average Bonchev–Trinajstić information content (AvgIpc) is 3.29. The van der Waals surface area contributed by atoms with E-state index in [2.05, 4.69) is 28.3 Å². The SMILES string of the molecule is CC1(c2cc(-c3cnc(NC(=O)N4CCCC4C(N)=O)s3)ccn2)CCC1. The summed E-state index contributed by atoms with van der Waals surface area (Å²) in [5, 5.41) is 3.31. The number of hydrogen-bond donors (Lipinski definition) is 2. The quantitative estimate of drug-likeness (QED) is 0.844. The van der Waals surface area contributed by atoms with Crippen LogP contribution in [-0.2, 0) is 10.2 Å². The predicted octanol–water partition coefficient (Wildman–Crippen LogP) is 3.13. The molecule has 2 aromatic heterocycles. The molecule has 2 fully saturated rings. The molecular formula is C19H23N5O2S. The van der Waals surface area contributed by atoms with Crippen LogP contribution in [0.4, 0.5) is 9.93 Å². The molecule has 27 heavy (non-hydrogen) atoms. The summed E-state index contributed by atoms with van der Waals surface area (Å²) in [6.45, 7) is 2.79. The van der Waals surface area contributed by atoms with E-state index in [9.17, 15) is 9.59 Å². The highest BCUT2D eigenvalue weighted by molar-refractivity contribution is 7.19. The number of carbonyl (C=O) groups is 2. The fraction of sp³-hybridized carbons (Fsp3) is 0.474. The maximum absolute atomic E-state index is 12.5. The minimum Gasteiger partial charge on any atom is -0.368 e. The van der Waals surface area contributed by atoms with E-state index in [1.54, 1.807) is 6.20 Å². The van der Waals surface area contributed by atoms with Gasteiger partial charge in [-0.2, -0.15) is 0 Å². The van der Waals surface area contributed by atoms with Gasteiger partial charge in [-0.05, 0) is 43.4 Å². The van der Waals surface area contributed by atoms with Crippen LogP contribution in [-0.4, -0.2) is 39.4 Å². The summed E-state index contributed by atoms with van der Waals surface area (Å²) in [6, 6.07) is 3.24. The molecule has 1 saturated heterocycles. The summed E-state index contributed by atoms with van der Waals surface area (Å²) in [7, 11) is 0. The number of rotatable bonds is 4. The van der Waals surface area contributed by atoms with Gasteiger partial charge in [-0.15, -0.1) is 0 Å². The Morgan fingerprint density at radius 2 is 2.15 bits per heavy atom. The van der Waals surface area contributed by atoms with Crippen molar-refractivity contribution in [2.45, 2.75) is 50.5 Å². The number of thiazole rings is 1. The van der Waals surface area contributed by atoms with E-state index in [-0.39, 0.29) is 11.4 Å². The lowest BCUT2D eigenvalue weighted by molar-refractivity contribution is -0.121. The van der Waals surface area contributed by atoms with Crippen LogP contribution in [0.3, 0.4) is 0 Å². The zero-order valence-electron chi connectivity index (χ0n) is 15.3. The van der Waals surface area contributed by atoms with Crippen LogP contribution in [0.2, 0.25) is 0 Å². The van der Waals surface area contributed by atoms with Crippen LogP contribution in [0, 0.1) is 0 Å². The molecule has 1 aliphatic carbocycles. The van der Waals surface area contributed by atoms with Gasteiger partial charge in [0.05, 0.1) is 4.88 Å². The van der Waals surface area contributed by atoms with E-state index in [1.807, 2.05) is 12.3 Å². The van der Waals surface area contributed by atoms with Gasteiger partial charge in [-0.1, -0.05) is 24.7 Å². The normalized spacial score (nSPS) is 20.9. The second kappa shape index (κ2) is 6.92. The first-order chi connectivity index (χ1) is 13.0. The molecule has 2 aliphatic rings. The van der Waals surface area contributed by atoms with Crippen LogP contribution >= 0.6 is 11.3 Å². The van der Waals surface area contributed by atoms with E-state index in [0.29, 0.717) is 18.1 Å². The number of urea groups is 1. The van der Waals surface area contributed by atoms with E-state index < -0.39 is 11.9 Å². The molecule has 7 nitrogen and oxygen atoms in total. The van der Waals surface area contributed by atoms with Gasteiger partial charge in [0.25, 0.3) is 0 Å². The van der Waals surface area contributed by atoms with Gasteiger partial charge in [0.1, 0.15) is 6.04 Å². The summed E-state index contributed by atoms with van der Waals surface area (Å²) >= 11 is 1.41. The molecular weight excluding hydrogens is 362 g/mol. The van der Waals surface area contributed by atoms with Crippen LogP contribution < -0.4 is 11.1 Å². The Labute approximate surface area is 162 Å². The molecule has 1 atom stereocenters. The highest BCUT2D eigenvalue weighted by Gasteiger charge is 2.35. The Kier molecular flexibility index (Phi) is 4.59. The minimum atomic E-state index is -0.532. The van der Waals surface area contributed by atoms with Crippen LogP contribution in [0.1, 0.15) is 44.7 Å². The van der Waals surface area contributed by atoms with E-state index in [0.717, 1.165) is 22.6 Å². The molecule has 0 radical (unpaired) electrons. The van der Waals surface area contributed by atoms with Crippen LogP contribution in [0.15, 0.2) is 24.5 Å². The van der Waals surface area contributed by atoms with E-state index in [1.165, 1.54) is 35.5 Å². The van der Waals surface area contributed by atoms with Crippen LogP contribution in [0.25, 0.3) is 10.4 Å². The van der Waals surface area contributed by atoms with Crippen molar-refractivity contribution in [2.75, 3.05) is 11.9 Å². The minimum absolute atomic E-state index is 0.178. The standard InChI is InChI=1S/C19H23N5O2S/c1-19(6-3-7-19)15-10-12(5-8-21-15)14-11-22-17(27-14)23-18(26)24-9-2-4-13(24)16(20)25/h5,8,10-11,13H,2-4,6-7,9H2,1H3,(H2,20,25)(H,22,23,26). The summed E-state index contributed by atoms with van der Waals surface area (Å²) in [5.41, 5.74) is 7.74. The second-order valence-electron chi connectivity index (χ2n) is 7.56. The second-order valence-corrected chi connectivity index (χ2v) is 8.59. The van der Waals surface area contributed by atoms with Crippen molar-refractivity contribution >= 4 is 28.4 Å². The third-order valence-electron chi connectivity index (χ3n) is 5.68. The summed E-state index contributed by atoms with van der Waals surface area (Å²) in [5.74, 6) is -0.462. The number of likely N-dealkylation sites (tertiary alicyclic amines) is 1. The lowest BCUT2D eigenvalue weighted by atomic mass is 9.68. The monoisotopic (exact) mass is 385 g/mol. The van der Waals surface area contributed by atoms with Crippen molar-refractivity contribution in [3.05, 3.63) is 30.2 Å². The van der Waals surface area contributed by atoms with Gasteiger partial charge in [0.15, 0.2) is 5.13 Å². The molecule has 4 rings (SSSR count). The largest absolute Gasteiger partial charge is 0.368 e. The van der Waals surface area contributed by atoms with Crippen molar-refractivity contribution in [3.63, 3.8) is 0 Å². The first-order valence-corrected chi connectivity index (χ1v) is 10.1. The number of nitrogens with one attached hydrogen (secondary N) is 1. The van der Waals surface area contributed by atoms with Gasteiger partial charge in [-0.3, -0.25) is 15.1 Å². The molecule has 1 unspecified atom stereocenters. The van der Waals surface area contributed by atoms with E-state index in [4.69, 9.17) is 5.73 Å². The van der Waals surface area contributed by atoms with Gasteiger partial charge in [0.2, 0.25) is 5.91 Å². The Balaban J connectivity index is 1.48. The Bertz CT molecular complexity index is 876. The topological polar surface area (TPSA) is 101 Å². The smallest absolute Gasteiger partial charge is 0.324 e. The van der Waals surface area contributed by atoms with Crippen molar-refractivity contribution in [1.29, 1.82) is 0 Å². The first-order valence-electron chi connectivity index (χ1n) is 9.26. The molecule has 2 aromatic rings. The maximum Gasteiger partial charge on any atom is 0.324 e. The lowest BCUT2D eigenvalue weighted by Gasteiger charge is -2.37.